The Labute approximate surface area is 106 Å². The molecular weight excluding hydrogens is 234 g/mol. The van der Waals surface area contributed by atoms with Gasteiger partial charge in [0.25, 0.3) is 0 Å². The number of hydrogen-bond donors (Lipinski definition) is 1. The summed E-state index contributed by atoms with van der Waals surface area (Å²) >= 11 is 0. The van der Waals surface area contributed by atoms with E-state index in [1.807, 2.05) is 30.3 Å². The normalized spacial score (nSPS) is 19.6. The number of nitrogens with zero attached hydrogens (tertiary/aromatic N) is 1. The van der Waals surface area contributed by atoms with E-state index < -0.39 is 0 Å². The molecule has 0 spiro atoms. The largest absolute Gasteiger partial charge is 0.445 e. The van der Waals surface area contributed by atoms with Crippen molar-refractivity contribution < 1.29 is 19.4 Å². The Bertz CT molecular complexity index is 382. The average Bonchev–Trinajstić information content (AvgIpc) is 2.46. The highest BCUT2D eigenvalue weighted by Gasteiger charge is 2.24. The first-order valence-corrected chi connectivity index (χ1v) is 5.97. The van der Waals surface area contributed by atoms with Gasteiger partial charge in [0.05, 0.1) is 25.9 Å². The minimum atomic E-state index is -0.361. The first kappa shape index (κ1) is 12.9. The van der Waals surface area contributed by atoms with Crippen LogP contribution in [-0.2, 0) is 16.1 Å². The van der Waals surface area contributed by atoms with Crippen LogP contribution in [0.4, 0.5) is 4.79 Å². The molecule has 18 heavy (non-hydrogen) atoms. The van der Waals surface area contributed by atoms with Crippen LogP contribution in [0.25, 0.3) is 0 Å². The second kappa shape index (κ2) is 6.37. The van der Waals surface area contributed by atoms with Gasteiger partial charge in [-0.05, 0) is 5.56 Å². The molecule has 0 radical (unpaired) electrons. The molecule has 0 aromatic heterocycles. The number of carbonyl (C=O) groups is 1. The molecule has 1 aromatic carbocycles. The molecule has 0 aliphatic carbocycles. The van der Waals surface area contributed by atoms with E-state index in [-0.39, 0.29) is 25.4 Å². The number of morpholine rings is 1. The number of ether oxygens (including phenoxy) is 2. The van der Waals surface area contributed by atoms with Crippen LogP contribution in [-0.4, -0.2) is 48.5 Å². The standard InChI is InChI=1S/C13H17NO4/c15-9-12-8-14(6-7-17-12)13(16)18-10-11-4-2-1-3-5-11/h1-5,12,15H,6-10H2/t12-/m1/s1. The molecule has 5 nitrogen and oxygen atoms in total. The van der Waals surface area contributed by atoms with Crippen LogP contribution in [0.2, 0.25) is 0 Å². The van der Waals surface area contributed by atoms with Crippen LogP contribution in [0, 0.1) is 0 Å². The van der Waals surface area contributed by atoms with Gasteiger partial charge in [-0.2, -0.15) is 0 Å². The fourth-order valence-electron chi connectivity index (χ4n) is 1.81. The average molecular weight is 251 g/mol. The van der Waals surface area contributed by atoms with Crippen molar-refractivity contribution in [2.45, 2.75) is 12.7 Å². The predicted octanol–water partition coefficient (Wildman–Crippen LogP) is 1.02. The molecule has 0 saturated carbocycles. The zero-order valence-electron chi connectivity index (χ0n) is 10.1. The minimum absolute atomic E-state index is 0.0809. The summed E-state index contributed by atoms with van der Waals surface area (Å²) in [4.78, 5) is 13.4. The predicted molar refractivity (Wildman–Crippen MR) is 65.0 cm³/mol. The summed E-state index contributed by atoms with van der Waals surface area (Å²) < 4.78 is 10.5. The van der Waals surface area contributed by atoms with E-state index in [1.165, 1.54) is 0 Å². The highest BCUT2D eigenvalue weighted by molar-refractivity contribution is 5.67. The van der Waals surface area contributed by atoms with Crippen molar-refractivity contribution >= 4 is 6.09 Å². The zero-order chi connectivity index (χ0) is 12.8. The van der Waals surface area contributed by atoms with E-state index in [2.05, 4.69) is 0 Å². The number of aliphatic hydroxyl groups excluding tert-OH is 1. The van der Waals surface area contributed by atoms with E-state index in [9.17, 15) is 4.79 Å². The van der Waals surface area contributed by atoms with E-state index in [4.69, 9.17) is 14.6 Å². The van der Waals surface area contributed by atoms with Gasteiger partial charge in [0.1, 0.15) is 6.61 Å². The van der Waals surface area contributed by atoms with Crippen molar-refractivity contribution in [1.82, 2.24) is 4.90 Å². The molecule has 98 valence electrons. The van der Waals surface area contributed by atoms with Crippen LogP contribution in [0.15, 0.2) is 30.3 Å². The van der Waals surface area contributed by atoms with Crippen molar-refractivity contribution in [3.63, 3.8) is 0 Å². The fraction of sp³-hybridized carbons (Fsp3) is 0.462. The van der Waals surface area contributed by atoms with E-state index >= 15 is 0 Å². The Balaban J connectivity index is 1.81. The van der Waals surface area contributed by atoms with Crippen molar-refractivity contribution in [2.75, 3.05) is 26.3 Å². The number of aliphatic hydroxyl groups is 1. The van der Waals surface area contributed by atoms with Crippen LogP contribution < -0.4 is 0 Å². The fourth-order valence-corrected chi connectivity index (χ4v) is 1.81. The Morgan fingerprint density at radius 3 is 2.94 bits per heavy atom. The lowest BCUT2D eigenvalue weighted by atomic mass is 10.2. The number of hydrogen-bond acceptors (Lipinski definition) is 4. The van der Waals surface area contributed by atoms with Crippen LogP contribution in [0.1, 0.15) is 5.56 Å². The summed E-state index contributed by atoms with van der Waals surface area (Å²) in [5.41, 5.74) is 0.956. The Hall–Kier alpha value is -1.59. The molecular formula is C13H17NO4. The zero-order valence-corrected chi connectivity index (χ0v) is 10.1. The van der Waals surface area contributed by atoms with E-state index in [0.717, 1.165) is 5.56 Å². The van der Waals surface area contributed by atoms with Crippen molar-refractivity contribution in [1.29, 1.82) is 0 Å². The first-order valence-electron chi connectivity index (χ1n) is 5.97. The van der Waals surface area contributed by atoms with Gasteiger partial charge < -0.3 is 19.5 Å². The lowest BCUT2D eigenvalue weighted by Crippen LogP contribution is -2.47. The van der Waals surface area contributed by atoms with Gasteiger partial charge in [-0.15, -0.1) is 0 Å². The second-order valence-corrected chi connectivity index (χ2v) is 4.16. The molecule has 1 aliphatic rings. The molecule has 1 amide bonds. The van der Waals surface area contributed by atoms with Crippen LogP contribution in [0.5, 0.6) is 0 Å². The van der Waals surface area contributed by atoms with Crippen molar-refractivity contribution in [2.24, 2.45) is 0 Å². The highest BCUT2D eigenvalue weighted by atomic mass is 16.6. The van der Waals surface area contributed by atoms with Gasteiger partial charge in [-0.1, -0.05) is 30.3 Å². The SMILES string of the molecule is O=C(OCc1ccccc1)N1CCO[C@@H](CO)C1. The summed E-state index contributed by atoms with van der Waals surface area (Å²) in [6.07, 6.45) is -0.663. The molecule has 1 atom stereocenters. The lowest BCUT2D eigenvalue weighted by Gasteiger charge is -2.31. The van der Waals surface area contributed by atoms with Crippen molar-refractivity contribution in [3.8, 4) is 0 Å². The number of rotatable bonds is 3. The molecule has 0 bridgehead atoms. The van der Waals surface area contributed by atoms with E-state index in [0.29, 0.717) is 19.7 Å². The maximum Gasteiger partial charge on any atom is 0.410 e. The monoisotopic (exact) mass is 251 g/mol. The molecule has 5 heteroatoms. The Morgan fingerprint density at radius 2 is 2.22 bits per heavy atom. The third kappa shape index (κ3) is 3.45. The third-order valence-corrected chi connectivity index (χ3v) is 2.81. The van der Waals surface area contributed by atoms with E-state index in [1.54, 1.807) is 4.90 Å². The van der Waals surface area contributed by atoms with Crippen LogP contribution >= 0.6 is 0 Å². The van der Waals surface area contributed by atoms with Gasteiger partial charge in [0.15, 0.2) is 0 Å². The molecule has 1 fully saturated rings. The summed E-state index contributed by atoms with van der Waals surface area (Å²) in [6, 6.07) is 9.53. The summed E-state index contributed by atoms with van der Waals surface area (Å²) in [5.74, 6) is 0. The van der Waals surface area contributed by atoms with Gasteiger partial charge in [-0.3, -0.25) is 0 Å². The number of amides is 1. The van der Waals surface area contributed by atoms with Gasteiger partial charge in [0, 0.05) is 6.54 Å². The third-order valence-electron chi connectivity index (χ3n) is 2.81. The molecule has 1 N–H and O–H groups in total. The molecule has 1 heterocycles. The highest BCUT2D eigenvalue weighted by Crippen LogP contribution is 2.08. The second-order valence-electron chi connectivity index (χ2n) is 4.16. The molecule has 0 unspecified atom stereocenters. The number of carbonyl (C=O) groups excluding carboxylic acids is 1. The molecule has 1 saturated heterocycles. The van der Waals surface area contributed by atoms with Crippen LogP contribution in [0.3, 0.4) is 0 Å². The Kier molecular flexibility index (Phi) is 4.55. The van der Waals surface area contributed by atoms with Gasteiger partial charge in [-0.25, -0.2) is 4.79 Å². The van der Waals surface area contributed by atoms with Gasteiger partial charge >= 0.3 is 6.09 Å². The molecule has 1 aromatic rings. The molecule has 1 aliphatic heterocycles. The maximum atomic E-state index is 11.8. The van der Waals surface area contributed by atoms with Gasteiger partial charge in [0.2, 0.25) is 0 Å². The molecule has 2 rings (SSSR count). The topological polar surface area (TPSA) is 59.0 Å². The lowest BCUT2D eigenvalue weighted by molar-refractivity contribution is -0.0503. The summed E-state index contributed by atoms with van der Waals surface area (Å²) in [7, 11) is 0. The Morgan fingerprint density at radius 1 is 1.44 bits per heavy atom. The van der Waals surface area contributed by atoms with Crippen molar-refractivity contribution in [3.05, 3.63) is 35.9 Å². The minimum Gasteiger partial charge on any atom is -0.445 e. The quantitative estimate of drug-likeness (QED) is 0.871. The summed E-state index contributed by atoms with van der Waals surface area (Å²) in [5, 5.41) is 8.99. The smallest absolute Gasteiger partial charge is 0.410 e. The maximum absolute atomic E-state index is 11.8. The summed E-state index contributed by atoms with van der Waals surface area (Å²) in [6.45, 7) is 1.50. The first-order chi connectivity index (χ1) is 8.79. The number of benzene rings is 1.